The molecule has 0 radical (unpaired) electrons. The summed E-state index contributed by atoms with van der Waals surface area (Å²) in [5, 5.41) is 12.6. The number of nitrogens with one attached hydrogen (secondary N) is 1. The number of amides is 1. The predicted octanol–water partition coefficient (Wildman–Crippen LogP) is 2.57. The molecule has 0 aromatic heterocycles. The summed E-state index contributed by atoms with van der Waals surface area (Å²) >= 11 is 7.24. The second-order valence-corrected chi connectivity index (χ2v) is 6.33. The molecule has 0 bridgehead atoms. The summed E-state index contributed by atoms with van der Waals surface area (Å²) in [4.78, 5) is 12.6. The van der Waals surface area contributed by atoms with Crippen molar-refractivity contribution in [3.05, 3.63) is 29.3 Å². The van der Waals surface area contributed by atoms with Crippen molar-refractivity contribution >= 4 is 29.3 Å². The van der Waals surface area contributed by atoms with E-state index in [1.54, 1.807) is 12.1 Å². The summed E-state index contributed by atoms with van der Waals surface area (Å²) in [5.41, 5.74) is -0.277. The second-order valence-electron chi connectivity index (χ2n) is 4.84. The maximum absolute atomic E-state index is 11.6. The Morgan fingerprint density at radius 2 is 2.00 bits per heavy atom. The molecule has 0 saturated carbocycles. The lowest BCUT2D eigenvalue weighted by atomic mass is 9.95. The Kier molecular flexibility index (Phi) is 5.99. The highest BCUT2D eigenvalue weighted by atomic mass is 35.5. The monoisotopic (exact) mass is 287 g/mol. The lowest BCUT2D eigenvalue weighted by molar-refractivity contribution is -0.119. The van der Waals surface area contributed by atoms with Gasteiger partial charge in [0, 0.05) is 28.5 Å². The predicted molar refractivity (Wildman–Crippen MR) is 76.1 cm³/mol. The molecule has 0 saturated heterocycles. The maximum Gasteiger partial charge on any atom is 0.230 e. The van der Waals surface area contributed by atoms with Gasteiger partial charge in [-0.1, -0.05) is 25.4 Å². The Bertz CT molecular complexity index is 392. The smallest absolute Gasteiger partial charge is 0.230 e. The Hall–Kier alpha value is -0.710. The summed E-state index contributed by atoms with van der Waals surface area (Å²) in [7, 11) is 0. The Balaban J connectivity index is 2.31. The third-order valence-electron chi connectivity index (χ3n) is 2.38. The van der Waals surface area contributed by atoms with Crippen LogP contribution in [0.15, 0.2) is 29.2 Å². The van der Waals surface area contributed by atoms with Gasteiger partial charge in [-0.2, -0.15) is 0 Å². The van der Waals surface area contributed by atoms with Crippen molar-refractivity contribution in [3.63, 3.8) is 0 Å². The maximum atomic E-state index is 11.6. The van der Waals surface area contributed by atoms with E-state index in [-0.39, 0.29) is 17.9 Å². The molecule has 0 heterocycles. The van der Waals surface area contributed by atoms with Gasteiger partial charge in [0.2, 0.25) is 5.91 Å². The van der Waals surface area contributed by atoms with Crippen molar-refractivity contribution in [2.45, 2.75) is 18.7 Å². The third kappa shape index (κ3) is 5.76. The van der Waals surface area contributed by atoms with Gasteiger partial charge in [0.1, 0.15) is 0 Å². The molecule has 1 amide bonds. The molecule has 1 rings (SSSR count). The van der Waals surface area contributed by atoms with Gasteiger partial charge < -0.3 is 10.4 Å². The SMILES string of the molecule is CC(C)(CO)CNC(=O)CSc1ccc(Cl)cc1. The van der Waals surface area contributed by atoms with E-state index in [4.69, 9.17) is 16.7 Å². The number of halogens is 1. The second kappa shape index (κ2) is 7.02. The quantitative estimate of drug-likeness (QED) is 0.791. The van der Waals surface area contributed by atoms with Crippen LogP contribution in [0.25, 0.3) is 0 Å². The molecule has 18 heavy (non-hydrogen) atoms. The summed E-state index contributed by atoms with van der Waals surface area (Å²) in [5.74, 6) is 0.333. The fraction of sp³-hybridized carbons (Fsp3) is 0.462. The standard InChI is InChI=1S/C13H18ClNO2S/c1-13(2,9-16)8-15-12(17)7-18-11-5-3-10(14)4-6-11/h3-6,16H,7-9H2,1-2H3,(H,15,17). The number of thioether (sulfide) groups is 1. The minimum Gasteiger partial charge on any atom is -0.396 e. The molecule has 0 spiro atoms. The molecule has 2 N–H and O–H groups in total. The number of aliphatic hydroxyl groups is 1. The topological polar surface area (TPSA) is 49.3 Å². The van der Waals surface area contributed by atoms with Crippen molar-refractivity contribution in [3.8, 4) is 0 Å². The van der Waals surface area contributed by atoms with Crippen molar-refractivity contribution < 1.29 is 9.90 Å². The Morgan fingerprint density at radius 1 is 1.39 bits per heavy atom. The van der Waals surface area contributed by atoms with Gasteiger partial charge in [-0.3, -0.25) is 4.79 Å². The Morgan fingerprint density at radius 3 is 2.56 bits per heavy atom. The normalized spacial score (nSPS) is 11.3. The van der Waals surface area contributed by atoms with Crippen LogP contribution in [-0.2, 0) is 4.79 Å². The number of rotatable bonds is 6. The van der Waals surface area contributed by atoms with Crippen molar-refractivity contribution in [1.29, 1.82) is 0 Å². The average Bonchev–Trinajstić information content (AvgIpc) is 2.36. The van der Waals surface area contributed by atoms with E-state index in [1.807, 2.05) is 26.0 Å². The van der Waals surface area contributed by atoms with Crippen LogP contribution in [0.1, 0.15) is 13.8 Å². The van der Waals surface area contributed by atoms with Crippen LogP contribution >= 0.6 is 23.4 Å². The molecule has 0 unspecified atom stereocenters. The molecule has 100 valence electrons. The molecule has 0 fully saturated rings. The van der Waals surface area contributed by atoms with Crippen molar-refractivity contribution in [2.24, 2.45) is 5.41 Å². The largest absolute Gasteiger partial charge is 0.396 e. The van der Waals surface area contributed by atoms with Gasteiger partial charge in [0.15, 0.2) is 0 Å². The highest BCUT2D eigenvalue weighted by Crippen LogP contribution is 2.20. The van der Waals surface area contributed by atoms with E-state index in [0.29, 0.717) is 17.3 Å². The zero-order valence-corrected chi connectivity index (χ0v) is 12.1. The number of carbonyl (C=O) groups excluding carboxylic acids is 1. The minimum absolute atomic E-state index is 0.0310. The summed E-state index contributed by atoms with van der Waals surface area (Å²) in [6.45, 7) is 4.33. The molecule has 0 aliphatic rings. The molecule has 0 aliphatic carbocycles. The lowest BCUT2D eigenvalue weighted by Gasteiger charge is -2.21. The van der Waals surface area contributed by atoms with Gasteiger partial charge in [0.25, 0.3) is 0 Å². The highest BCUT2D eigenvalue weighted by molar-refractivity contribution is 8.00. The summed E-state index contributed by atoms with van der Waals surface area (Å²) in [6.07, 6.45) is 0. The molecular weight excluding hydrogens is 270 g/mol. The van der Waals surface area contributed by atoms with Gasteiger partial charge in [-0.05, 0) is 24.3 Å². The lowest BCUT2D eigenvalue weighted by Crippen LogP contribution is -2.36. The minimum atomic E-state index is -0.277. The van der Waals surface area contributed by atoms with Gasteiger partial charge in [-0.25, -0.2) is 0 Å². The van der Waals surface area contributed by atoms with Crippen LogP contribution in [0.4, 0.5) is 0 Å². The first-order chi connectivity index (χ1) is 8.43. The summed E-state index contributed by atoms with van der Waals surface area (Å²) < 4.78 is 0. The Labute approximate surface area is 117 Å². The number of carbonyl (C=O) groups is 1. The zero-order chi connectivity index (χ0) is 13.6. The van der Waals surface area contributed by atoms with Crippen LogP contribution in [-0.4, -0.2) is 29.9 Å². The number of benzene rings is 1. The van der Waals surface area contributed by atoms with Crippen LogP contribution in [0.2, 0.25) is 5.02 Å². The van der Waals surface area contributed by atoms with Crippen LogP contribution < -0.4 is 5.32 Å². The first kappa shape index (κ1) is 15.3. The van der Waals surface area contributed by atoms with E-state index >= 15 is 0 Å². The average molecular weight is 288 g/mol. The molecule has 0 aliphatic heterocycles. The van der Waals surface area contributed by atoms with E-state index in [0.717, 1.165) is 4.90 Å². The first-order valence-electron chi connectivity index (χ1n) is 5.69. The van der Waals surface area contributed by atoms with Crippen LogP contribution in [0.5, 0.6) is 0 Å². The fourth-order valence-electron chi connectivity index (χ4n) is 1.12. The number of aliphatic hydroxyl groups excluding tert-OH is 1. The van der Waals surface area contributed by atoms with Gasteiger partial charge in [-0.15, -0.1) is 11.8 Å². The van der Waals surface area contributed by atoms with Gasteiger partial charge in [0.05, 0.1) is 5.75 Å². The van der Waals surface area contributed by atoms with Gasteiger partial charge >= 0.3 is 0 Å². The molecule has 3 nitrogen and oxygen atoms in total. The number of hydrogen-bond acceptors (Lipinski definition) is 3. The highest BCUT2D eigenvalue weighted by Gasteiger charge is 2.17. The third-order valence-corrected chi connectivity index (χ3v) is 3.64. The molecule has 5 heteroatoms. The van der Waals surface area contributed by atoms with E-state index < -0.39 is 0 Å². The number of hydrogen-bond donors (Lipinski definition) is 2. The molecule has 1 aromatic rings. The van der Waals surface area contributed by atoms with Crippen LogP contribution in [0, 0.1) is 5.41 Å². The van der Waals surface area contributed by atoms with Crippen molar-refractivity contribution in [2.75, 3.05) is 18.9 Å². The van der Waals surface area contributed by atoms with E-state index in [1.165, 1.54) is 11.8 Å². The van der Waals surface area contributed by atoms with E-state index in [2.05, 4.69) is 5.32 Å². The van der Waals surface area contributed by atoms with Crippen molar-refractivity contribution in [1.82, 2.24) is 5.32 Å². The fourth-order valence-corrected chi connectivity index (χ4v) is 1.98. The first-order valence-corrected chi connectivity index (χ1v) is 7.05. The summed E-state index contributed by atoms with van der Waals surface area (Å²) in [6, 6.07) is 7.38. The molecule has 0 atom stereocenters. The molecule has 1 aromatic carbocycles. The van der Waals surface area contributed by atoms with Crippen LogP contribution in [0.3, 0.4) is 0 Å². The molecular formula is C13H18ClNO2S. The zero-order valence-electron chi connectivity index (χ0n) is 10.6. The van der Waals surface area contributed by atoms with E-state index in [9.17, 15) is 4.79 Å².